The number of aliphatic carboxylic acids is 1. The molecule has 0 aliphatic heterocycles. The maximum Gasteiger partial charge on any atom is 0.314 e. The van der Waals surface area contributed by atoms with Gasteiger partial charge in [0.25, 0.3) is 0 Å². The van der Waals surface area contributed by atoms with Crippen LogP contribution in [0.3, 0.4) is 0 Å². The molecule has 128 valence electrons. The molecular weight excluding hydrogens is 345 g/mol. The van der Waals surface area contributed by atoms with Crippen LogP contribution in [0.1, 0.15) is 11.1 Å². The Bertz CT molecular complexity index is 990. The number of hydrogen-bond acceptors (Lipinski definition) is 3. The molecule has 0 aromatic heterocycles. The molecule has 5 nitrogen and oxygen atoms in total. The third-order valence-electron chi connectivity index (χ3n) is 3.92. The maximum atomic E-state index is 13.2. The van der Waals surface area contributed by atoms with E-state index in [2.05, 4.69) is 0 Å². The lowest BCUT2D eigenvalue weighted by molar-refractivity contribution is -0.138. The van der Waals surface area contributed by atoms with E-state index in [-0.39, 0.29) is 10.7 Å². The lowest BCUT2D eigenvalue weighted by Crippen LogP contribution is -2.11. The van der Waals surface area contributed by atoms with Gasteiger partial charge in [-0.05, 0) is 46.5 Å². The van der Waals surface area contributed by atoms with Gasteiger partial charge in [0.15, 0.2) is 0 Å². The summed E-state index contributed by atoms with van der Waals surface area (Å²) >= 11 is 0. The molecule has 1 atom stereocenters. The Balaban J connectivity index is 2.05. The molecule has 0 fully saturated rings. The van der Waals surface area contributed by atoms with Crippen molar-refractivity contribution >= 4 is 27.1 Å². The summed E-state index contributed by atoms with van der Waals surface area (Å²) in [6.07, 6.45) is 3.16. The third kappa shape index (κ3) is 3.52. The molecule has 1 aliphatic rings. The molecule has 7 heteroatoms. The average Bonchev–Trinajstić information content (AvgIpc) is 3.00. The second-order valence-electron chi connectivity index (χ2n) is 5.60. The summed E-state index contributed by atoms with van der Waals surface area (Å²) in [5.74, 6) is -2.20. The van der Waals surface area contributed by atoms with Gasteiger partial charge >= 0.3 is 5.97 Å². The lowest BCUT2D eigenvalue weighted by atomic mass is 9.95. The molecule has 0 saturated heterocycles. The van der Waals surface area contributed by atoms with Gasteiger partial charge in [-0.15, -0.1) is 0 Å². The van der Waals surface area contributed by atoms with Crippen LogP contribution >= 0.6 is 0 Å². The highest BCUT2D eigenvalue weighted by Crippen LogP contribution is 2.38. The second-order valence-corrected chi connectivity index (χ2v) is 7.16. The van der Waals surface area contributed by atoms with Crippen LogP contribution in [0.5, 0.6) is 0 Å². The van der Waals surface area contributed by atoms with Crippen molar-refractivity contribution in [2.75, 3.05) is 0 Å². The normalized spacial score (nSPS) is 17.1. The Morgan fingerprint density at radius 3 is 1.76 bits per heavy atom. The zero-order valence-corrected chi connectivity index (χ0v) is 13.7. The Morgan fingerprint density at radius 2 is 1.36 bits per heavy atom. The van der Waals surface area contributed by atoms with Crippen molar-refractivity contribution in [3.63, 3.8) is 0 Å². The fourth-order valence-corrected chi connectivity index (χ4v) is 3.20. The predicted molar refractivity (Wildman–Crippen MR) is 91.3 cm³/mol. The fraction of sp³-hybridized carbons (Fsp3) is 0.0556. The molecule has 2 aromatic rings. The van der Waals surface area contributed by atoms with Gasteiger partial charge in [0, 0.05) is 0 Å². The van der Waals surface area contributed by atoms with Crippen LogP contribution in [-0.4, -0.2) is 19.5 Å². The monoisotopic (exact) mass is 359 g/mol. The van der Waals surface area contributed by atoms with Crippen molar-refractivity contribution in [2.45, 2.75) is 4.90 Å². The molecule has 2 aromatic carbocycles. The highest BCUT2D eigenvalue weighted by Gasteiger charge is 2.24. The Hall–Kier alpha value is -2.77. The largest absolute Gasteiger partial charge is 0.481 e. The minimum absolute atomic E-state index is 0.0306. The quantitative estimate of drug-likeness (QED) is 0.877. The molecule has 3 rings (SSSR count). The first-order valence-corrected chi connectivity index (χ1v) is 8.86. The van der Waals surface area contributed by atoms with Gasteiger partial charge in [0.05, 0.1) is 10.8 Å². The van der Waals surface area contributed by atoms with E-state index in [4.69, 9.17) is 5.14 Å². The SMILES string of the molecule is NS(=O)(=O)c1ccc(C2=CC(C(=O)O)C=C2c2ccc(F)cc2)cc1. The van der Waals surface area contributed by atoms with Gasteiger partial charge < -0.3 is 5.11 Å². The standard InChI is InChI=1S/C18H14FNO4S/c19-14-5-1-11(2-6-14)16-9-13(18(21)22)10-17(16)12-3-7-15(8-4-12)25(20,23)24/h1-10,13H,(H,21,22)(H2,20,23,24). The Morgan fingerprint density at radius 1 is 0.920 bits per heavy atom. The van der Waals surface area contributed by atoms with Gasteiger partial charge in [-0.25, -0.2) is 17.9 Å². The van der Waals surface area contributed by atoms with Crippen molar-refractivity contribution in [3.8, 4) is 0 Å². The highest BCUT2D eigenvalue weighted by molar-refractivity contribution is 7.89. The summed E-state index contributed by atoms with van der Waals surface area (Å²) in [7, 11) is -3.81. The van der Waals surface area contributed by atoms with Crippen LogP contribution in [0.15, 0.2) is 65.6 Å². The fourth-order valence-electron chi connectivity index (χ4n) is 2.69. The van der Waals surface area contributed by atoms with Gasteiger partial charge in [-0.1, -0.05) is 36.4 Å². The topological polar surface area (TPSA) is 97.5 Å². The van der Waals surface area contributed by atoms with E-state index in [1.165, 1.54) is 24.3 Å². The van der Waals surface area contributed by atoms with Crippen LogP contribution in [0.25, 0.3) is 11.1 Å². The molecule has 0 amide bonds. The van der Waals surface area contributed by atoms with E-state index in [0.717, 1.165) is 0 Å². The van der Waals surface area contributed by atoms with Crippen LogP contribution in [0, 0.1) is 11.7 Å². The van der Waals surface area contributed by atoms with Crippen molar-refractivity contribution in [1.82, 2.24) is 0 Å². The molecule has 0 bridgehead atoms. The van der Waals surface area contributed by atoms with Crippen molar-refractivity contribution in [1.29, 1.82) is 0 Å². The summed E-state index contributed by atoms with van der Waals surface area (Å²) < 4.78 is 35.9. The average molecular weight is 359 g/mol. The summed E-state index contributed by atoms with van der Waals surface area (Å²) in [6.45, 7) is 0. The zero-order valence-electron chi connectivity index (χ0n) is 12.9. The summed E-state index contributed by atoms with van der Waals surface area (Å²) in [5, 5.41) is 14.4. The Kier molecular flexibility index (Phi) is 4.28. The highest BCUT2D eigenvalue weighted by atomic mass is 32.2. The third-order valence-corrected chi connectivity index (χ3v) is 4.85. The number of primary sulfonamides is 1. The minimum Gasteiger partial charge on any atom is -0.481 e. The molecule has 0 spiro atoms. The maximum absolute atomic E-state index is 13.2. The smallest absolute Gasteiger partial charge is 0.314 e. The van der Waals surface area contributed by atoms with Crippen molar-refractivity contribution in [3.05, 3.63) is 77.6 Å². The van der Waals surface area contributed by atoms with E-state index in [1.807, 2.05) is 0 Å². The summed E-state index contributed by atoms with van der Waals surface area (Å²) in [6, 6.07) is 11.6. The lowest BCUT2D eigenvalue weighted by Gasteiger charge is -2.10. The number of allylic oxidation sites excluding steroid dienone is 2. The van der Waals surface area contributed by atoms with Crippen LogP contribution in [0.2, 0.25) is 0 Å². The second kappa shape index (κ2) is 6.27. The Labute approximate surface area is 144 Å². The molecule has 25 heavy (non-hydrogen) atoms. The molecule has 3 N–H and O–H groups in total. The number of benzene rings is 2. The number of hydrogen-bond donors (Lipinski definition) is 2. The van der Waals surface area contributed by atoms with Gasteiger partial charge in [0.1, 0.15) is 5.82 Å². The van der Waals surface area contributed by atoms with Gasteiger partial charge in [0.2, 0.25) is 10.0 Å². The number of rotatable bonds is 4. The summed E-state index contributed by atoms with van der Waals surface area (Å²) in [4.78, 5) is 11.3. The minimum atomic E-state index is -3.81. The molecular formula is C18H14FNO4S. The van der Waals surface area contributed by atoms with E-state index in [9.17, 15) is 22.7 Å². The number of carboxylic acids is 1. The van der Waals surface area contributed by atoms with Crippen molar-refractivity contribution < 1.29 is 22.7 Å². The van der Waals surface area contributed by atoms with Gasteiger partial charge in [-0.2, -0.15) is 0 Å². The first-order valence-electron chi connectivity index (χ1n) is 7.32. The molecule has 1 unspecified atom stereocenters. The first-order chi connectivity index (χ1) is 11.8. The van der Waals surface area contributed by atoms with E-state index < -0.39 is 21.9 Å². The number of carboxylic acid groups (broad SMARTS) is 1. The number of halogens is 1. The number of carbonyl (C=O) groups is 1. The van der Waals surface area contributed by atoms with Crippen molar-refractivity contribution in [2.24, 2.45) is 11.1 Å². The first kappa shape index (κ1) is 17.1. The zero-order chi connectivity index (χ0) is 18.2. The van der Waals surface area contributed by atoms with E-state index >= 15 is 0 Å². The number of nitrogens with two attached hydrogens (primary N) is 1. The molecule has 0 radical (unpaired) electrons. The van der Waals surface area contributed by atoms with Crippen LogP contribution in [-0.2, 0) is 14.8 Å². The molecule has 1 aliphatic carbocycles. The number of sulfonamides is 1. The predicted octanol–water partition coefficient (Wildman–Crippen LogP) is 2.65. The summed E-state index contributed by atoms with van der Waals surface area (Å²) in [5.41, 5.74) is 2.61. The van der Waals surface area contributed by atoms with Crippen LogP contribution < -0.4 is 5.14 Å². The molecule has 0 heterocycles. The molecule has 0 saturated carbocycles. The van der Waals surface area contributed by atoms with Crippen LogP contribution in [0.4, 0.5) is 4.39 Å². The van der Waals surface area contributed by atoms with E-state index in [1.54, 1.807) is 36.4 Å². The van der Waals surface area contributed by atoms with Gasteiger partial charge in [-0.3, -0.25) is 4.79 Å². The van der Waals surface area contributed by atoms with E-state index in [0.29, 0.717) is 22.3 Å².